The van der Waals surface area contributed by atoms with E-state index in [1.54, 1.807) is 18.0 Å². The number of nitro groups is 1. The van der Waals surface area contributed by atoms with E-state index in [2.05, 4.69) is 4.74 Å². The predicted octanol–water partition coefficient (Wildman–Crippen LogP) is 2.89. The molecule has 0 N–H and O–H groups in total. The molecule has 3 rings (SSSR count). The minimum absolute atomic E-state index is 0.0160. The number of carbonyl (C=O) groups is 2. The van der Waals surface area contributed by atoms with Crippen LogP contribution in [0.15, 0.2) is 36.4 Å². The summed E-state index contributed by atoms with van der Waals surface area (Å²) in [4.78, 5) is 38.2. The normalized spacial score (nSPS) is 13.2. The molecule has 2 aromatic rings. The van der Waals surface area contributed by atoms with Gasteiger partial charge in [-0.15, -0.1) is 0 Å². The zero-order valence-corrected chi connectivity index (χ0v) is 16.0. The average Bonchev–Trinajstić information content (AvgIpc) is 2.93. The van der Waals surface area contributed by atoms with Crippen LogP contribution in [-0.4, -0.2) is 54.0 Å². The van der Waals surface area contributed by atoms with Crippen molar-refractivity contribution in [2.75, 3.05) is 20.8 Å². The van der Waals surface area contributed by atoms with Crippen molar-refractivity contribution in [3.05, 3.63) is 63.2 Å². The lowest BCUT2D eigenvalue weighted by atomic mass is 10.1. The third kappa shape index (κ3) is 4.06. The molecule has 11 heteroatoms. The van der Waals surface area contributed by atoms with Gasteiger partial charge in [-0.25, -0.2) is 0 Å². The maximum Gasteiger partial charge on any atom is 0.387 e. The van der Waals surface area contributed by atoms with E-state index in [0.717, 1.165) is 4.90 Å². The Morgan fingerprint density at radius 2 is 1.90 bits per heavy atom. The summed E-state index contributed by atoms with van der Waals surface area (Å²) in [5, 5.41) is 11.2. The van der Waals surface area contributed by atoms with Crippen LogP contribution in [0.5, 0.6) is 11.5 Å². The second kappa shape index (κ2) is 8.41. The smallest absolute Gasteiger partial charge is 0.387 e. The van der Waals surface area contributed by atoms with Crippen LogP contribution in [-0.2, 0) is 6.54 Å². The van der Waals surface area contributed by atoms with Crippen LogP contribution in [0.3, 0.4) is 0 Å². The van der Waals surface area contributed by atoms with E-state index < -0.39 is 29.0 Å². The number of hydrogen-bond donors (Lipinski definition) is 0. The lowest BCUT2D eigenvalue weighted by molar-refractivity contribution is -0.385. The Balaban J connectivity index is 1.75. The average molecular weight is 421 g/mol. The van der Waals surface area contributed by atoms with Crippen LogP contribution < -0.4 is 9.47 Å². The second-order valence-electron chi connectivity index (χ2n) is 6.51. The van der Waals surface area contributed by atoms with Crippen LogP contribution in [0.4, 0.5) is 14.5 Å². The van der Waals surface area contributed by atoms with Crippen molar-refractivity contribution in [2.24, 2.45) is 0 Å². The summed E-state index contributed by atoms with van der Waals surface area (Å²) >= 11 is 0. The summed E-state index contributed by atoms with van der Waals surface area (Å²) in [6, 6.07) is 8.28. The number of carbonyl (C=O) groups excluding carboxylic acids is 2. The molecule has 1 aliphatic rings. The first-order valence-corrected chi connectivity index (χ1v) is 8.66. The summed E-state index contributed by atoms with van der Waals surface area (Å²) in [5.74, 6) is -1.37. The highest BCUT2D eigenvalue weighted by Gasteiger charge is 2.41. The van der Waals surface area contributed by atoms with Gasteiger partial charge in [-0.1, -0.05) is 12.1 Å². The molecule has 2 amide bonds. The third-order valence-corrected chi connectivity index (χ3v) is 4.45. The molecule has 0 atom stereocenters. The topological polar surface area (TPSA) is 102 Å². The number of nitrogens with zero attached hydrogens (tertiary/aromatic N) is 3. The molecule has 1 aliphatic heterocycles. The third-order valence-electron chi connectivity index (χ3n) is 4.45. The number of ether oxygens (including phenoxy) is 2. The van der Waals surface area contributed by atoms with E-state index in [1.807, 2.05) is 0 Å². The van der Waals surface area contributed by atoms with E-state index in [0.29, 0.717) is 5.56 Å². The maximum atomic E-state index is 12.6. The number of benzene rings is 2. The number of nitro benzene ring substituents is 1. The van der Waals surface area contributed by atoms with E-state index in [9.17, 15) is 28.5 Å². The molecule has 9 nitrogen and oxygen atoms in total. The molecule has 1 heterocycles. The van der Waals surface area contributed by atoms with Crippen LogP contribution in [0, 0.1) is 10.1 Å². The number of halogens is 2. The van der Waals surface area contributed by atoms with Gasteiger partial charge in [0.25, 0.3) is 17.5 Å². The maximum absolute atomic E-state index is 12.6. The molecule has 158 valence electrons. The number of hydrogen-bond acceptors (Lipinski definition) is 7. The number of rotatable bonds is 8. The fourth-order valence-corrected chi connectivity index (χ4v) is 3.20. The number of amides is 2. The Morgan fingerprint density at radius 1 is 1.17 bits per heavy atom. The molecule has 0 unspecified atom stereocenters. The molecule has 0 bridgehead atoms. The van der Waals surface area contributed by atoms with Crippen LogP contribution in [0.25, 0.3) is 0 Å². The van der Waals surface area contributed by atoms with Gasteiger partial charge >= 0.3 is 6.61 Å². The number of methoxy groups -OCH3 is 1. The number of fused-ring (bicyclic) bond motifs is 1. The highest BCUT2D eigenvalue weighted by molar-refractivity contribution is 6.23. The van der Waals surface area contributed by atoms with Crippen molar-refractivity contribution in [3.63, 3.8) is 0 Å². The minimum Gasteiger partial charge on any atom is -0.493 e. The largest absolute Gasteiger partial charge is 0.493 e. The van der Waals surface area contributed by atoms with Crippen LogP contribution >= 0.6 is 0 Å². The lowest BCUT2D eigenvalue weighted by Crippen LogP contribution is -2.39. The molecule has 0 aromatic heterocycles. The second-order valence-corrected chi connectivity index (χ2v) is 6.51. The van der Waals surface area contributed by atoms with Gasteiger partial charge in [0, 0.05) is 12.6 Å². The van der Waals surface area contributed by atoms with Crippen molar-refractivity contribution in [3.8, 4) is 11.5 Å². The van der Waals surface area contributed by atoms with E-state index in [4.69, 9.17) is 4.74 Å². The summed E-state index contributed by atoms with van der Waals surface area (Å²) in [6.45, 7) is -2.88. The number of imide groups is 1. The fourth-order valence-electron chi connectivity index (χ4n) is 3.20. The quantitative estimate of drug-likeness (QED) is 0.367. The Bertz CT molecular complexity index is 1010. The van der Waals surface area contributed by atoms with E-state index >= 15 is 0 Å². The monoisotopic (exact) mass is 421 g/mol. The highest BCUT2D eigenvalue weighted by atomic mass is 19.3. The van der Waals surface area contributed by atoms with Crippen molar-refractivity contribution < 1.29 is 32.8 Å². The zero-order valence-electron chi connectivity index (χ0n) is 16.0. The highest BCUT2D eigenvalue weighted by Crippen LogP contribution is 2.32. The summed E-state index contributed by atoms with van der Waals surface area (Å²) in [6.07, 6.45) is 0. The Morgan fingerprint density at radius 3 is 2.53 bits per heavy atom. The Labute approximate surface area is 169 Å². The van der Waals surface area contributed by atoms with Gasteiger partial charge in [0.05, 0.1) is 24.3 Å². The van der Waals surface area contributed by atoms with Crippen LogP contribution in [0.1, 0.15) is 26.3 Å². The summed E-state index contributed by atoms with van der Waals surface area (Å²) in [5.41, 5.74) is -0.0113. The molecule has 0 saturated carbocycles. The summed E-state index contributed by atoms with van der Waals surface area (Å²) < 4.78 is 34.3. The van der Waals surface area contributed by atoms with Crippen molar-refractivity contribution in [1.29, 1.82) is 0 Å². The molecule has 0 aliphatic carbocycles. The standard InChI is InChI=1S/C19H17F2N3O6/c1-22(9-11-6-7-14(30-19(20)21)15(8-11)29-2)10-23-17(25)12-4-3-5-13(24(27)28)16(12)18(23)26/h3-8,19H,9-10H2,1-2H3. The first-order valence-electron chi connectivity index (χ1n) is 8.66. The molecular weight excluding hydrogens is 404 g/mol. The predicted molar refractivity (Wildman–Crippen MR) is 99.6 cm³/mol. The molecule has 0 saturated heterocycles. The molecule has 0 spiro atoms. The first-order chi connectivity index (χ1) is 14.2. The van der Waals surface area contributed by atoms with Gasteiger partial charge < -0.3 is 9.47 Å². The van der Waals surface area contributed by atoms with Gasteiger partial charge in [-0.3, -0.25) is 29.5 Å². The van der Waals surface area contributed by atoms with Gasteiger partial charge in [-0.2, -0.15) is 8.78 Å². The van der Waals surface area contributed by atoms with Crippen molar-refractivity contribution in [1.82, 2.24) is 9.80 Å². The Kier molecular flexibility index (Phi) is 5.92. The van der Waals surface area contributed by atoms with Crippen molar-refractivity contribution in [2.45, 2.75) is 13.2 Å². The minimum atomic E-state index is -3.00. The molecular formula is C19H17F2N3O6. The first kappa shape index (κ1) is 21.1. The fraction of sp³-hybridized carbons (Fsp3) is 0.263. The van der Waals surface area contributed by atoms with Gasteiger partial charge in [-0.05, 0) is 30.8 Å². The zero-order chi connectivity index (χ0) is 22.0. The molecule has 30 heavy (non-hydrogen) atoms. The Hall–Kier alpha value is -3.60. The van der Waals surface area contributed by atoms with Crippen LogP contribution in [0.2, 0.25) is 0 Å². The SMILES string of the molecule is COc1cc(CN(C)CN2C(=O)c3cccc([N+](=O)[O-])c3C2=O)ccc1OC(F)F. The van der Waals surface area contributed by atoms with Gasteiger partial charge in [0.15, 0.2) is 11.5 Å². The lowest BCUT2D eigenvalue weighted by Gasteiger charge is -2.23. The number of alkyl halides is 2. The summed E-state index contributed by atoms with van der Waals surface area (Å²) in [7, 11) is 2.95. The van der Waals surface area contributed by atoms with Gasteiger partial charge in [0.2, 0.25) is 0 Å². The van der Waals surface area contributed by atoms with E-state index in [1.165, 1.54) is 37.4 Å². The molecule has 2 aromatic carbocycles. The van der Waals surface area contributed by atoms with E-state index in [-0.39, 0.29) is 35.8 Å². The molecule has 0 fully saturated rings. The van der Waals surface area contributed by atoms with Gasteiger partial charge in [0.1, 0.15) is 5.56 Å². The molecule has 0 radical (unpaired) electrons. The van der Waals surface area contributed by atoms with Crippen molar-refractivity contribution >= 4 is 17.5 Å².